The molecule has 1 amide bonds. The van der Waals surface area contributed by atoms with Gasteiger partial charge >= 0.3 is 0 Å². The van der Waals surface area contributed by atoms with Crippen molar-refractivity contribution in [1.82, 2.24) is 14.9 Å². The molecule has 1 aliphatic heterocycles. The minimum atomic E-state index is -0.449. The largest absolute Gasteiger partial charge is 0.494 e. The SMILES string of the molecule is COc1ccc(CC(=O)N2CC[C@H](c3nccc(C)n3)C2)cc1F. The number of methoxy groups -OCH3 is 1. The molecule has 2 aromatic rings. The van der Waals surface area contributed by atoms with Crippen LogP contribution < -0.4 is 4.74 Å². The van der Waals surface area contributed by atoms with E-state index in [4.69, 9.17) is 4.74 Å². The molecule has 1 aromatic carbocycles. The van der Waals surface area contributed by atoms with E-state index in [2.05, 4.69) is 9.97 Å². The van der Waals surface area contributed by atoms with Gasteiger partial charge in [-0.05, 0) is 37.1 Å². The molecule has 6 heteroatoms. The number of halogens is 1. The Bertz CT molecular complexity index is 751. The van der Waals surface area contributed by atoms with Crippen molar-refractivity contribution in [2.75, 3.05) is 20.2 Å². The predicted octanol–water partition coefficient (Wildman–Crippen LogP) is 2.49. The number of nitrogens with zero attached hydrogens (tertiary/aromatic N) is 3. The Morgan fingerprint density at radius 1 is 1.42 bits per heavy atom. The van der Waals surface area contributed by atoms with Crippen LogP contribution in [-0.2, 0) is 11.2 Å². The van der Waals surface area contributed by atoms with E-state index in [1.807, 2.05) is 13.0 Å². The number of likely N-dealkylation sites (tertiary alicyclic amines) is 1. The van der Waals surface area contributed by atoms with E-state index in [1.165, 1.54) is 13.2 Å². The quantitative estimate of drug-likeness (QED) is 0.865. The summed E-state index contributed by atoms with van der Waals surface area (Å²) in [5.74, 6) is 0.691. The van der Waals surface area contributed by atoms with Gasteiger partial charge in [0.05, 0.1) is 13.5 Å². The van der Waals surface area contributed by atoms with Crippen molar-refractivity contribution in [2.24, 2.45) is 0 Å². The summed E-state index contributed by atoms with van der Waals surface area (Å²) in [6, 6.07) is 6.48. The van der Waals surface area contributed by atoms with Crippen molar-refractivity contribution < 1.29 is 13.9 Å². The summed E-state index contributed by atoms with van der Waals surface area (Å²) in [5, 5.41) is 0. The molecule has 0 aliphatic carbocycles. The summed E-state index contributed by atoms with van der Waals surface area (Å²) in [7, 11) is 1.42. The molecular weight excluding hydrogens is 309 g/mol. The zero-order valence-corrected chi connectivity index (χ0v) is 13.8. The zero-order chi connectivity index (χ0) is 17.1. The van der Waals surface area contributed by atoms with Gasteiger partial charge in [-0.3, -0.25) is 4.79 Å². The van der Waals surface area contributed by atoms with Gasteiger partial charge in [-0.1, -0.05) is 6.07 Å². The molecule has 0 saturated carbocycles. The lowest BCUT2D eigenvalue weighted by atomic mass is 10.1. The standard InChI is InChI=1S/C18H20FN3O2/c1-12-5-7-20-18(21-12)14-6-8-22(11-14)17(23)10-13-3-4-16(24-2)15(19)9-13/h3-5,7,9,14H,6,8,10-11H2,1-2H3/t14-/m0/s1. The monoisotopic (exact) mass is 329 g/mol. The van der Waals surface area contributed by atoms with E-state index in [0.717, 1.165) is 17.9 Å². The Kier molecular flexibility index (Phi) is 4.74. The molecule has 0 unspecified atom stereocenters. The lowest BCUT2D eigenvalue weighted by Crippen LogP contribution is -2.30. The molecule has 0 bridgehead atoms. The first-order chi connectivity index (χ1) is 11.6. The average Bonchev–Trinajstić information content (AvgIpc) is 3.05. The average molecular weight is 329 g/mol. The second kappa shape index (κ2) is 6.95. The Labute approximate surface area is 140 Å². The molecule has 1 aliphatic rings. The highest BCUT2D eigenvalue weighted by Crippen LogP contribution is 2.25. The highest BCUT2D eigenvalue weighted by molar-refractivity contribution is 5.79. The van der Waals surface area contributed by atoms with Gasteiger partial charge in [-0.15, -0.1) is 0 Å². The Hall–Kier alpha value is -2.50. The Morgan fingerprint density at radius 2 is 2.25 bits per heavy atom. The number of hydrogen-bond donors (Lipinski definition) is 0. The topological polar surface area (TPSA) is 55.3 Å². The molecule has 0 spiro atoms. The number of amides is 1. The molecular formula is C18H20FN3O2. The summed E-state index contributed by atoms with van der Waals surface area (Å²) in [4.78, 5) is 23.0. The molecule has 1 atom stereocenters. The van der Waals surface area contributed by atoms with Crippen LogP contribution in [0.2, 0.25) is 0 Å². The fraction of sp³-hybridized carbons (Fsp3) is 0.389. The van der Waals surface area contributed by atoms with Crippen molar-refractivity contribution in [2.45, 2.75) is 25.7 Å². The van der Waals surface area contributed by atoms with Gasteiger partial charge in [0, 0.05) is 30.9 Å². The lowest BCUT2D eigenvalue weighted by Gasteiger charge is -2.16. The van der Waals surface area contributed by atoms with Crippen LogP contribution in [-0.4, -0.2) is 41.0 Å². The van der Waals surface area contributed by atoms with Gasteiger partial charge in [0.25, 0.3) is 0 Å². The van der Waals surface area contributed by atoms with Crippen LogP contribution in [0.25, 0.3) is 0 Å². The predicted molar refractivity (Wildman–Crippen MR) is 87.4 cm³/mol. The molecule has 5 nitrogen and oxygen atoms in total. The van der Waals surface area contributed by atoms with Crippen LogP contribution in [0.5, 0.6) is 5.75 Å². The molecule has 0 N–H and O–H groups in total. The van der Waals surface area contributed by atoms with Crippen LogP contribution in [0.1, 0.15) is 29.4 Å². The molecule has 1 fully saturated rings. The number of hydrogen-bond acceptors (Lipinski definition) is 4. The van der Waals surface area contributed by atoms with E-state index in [9.17, 15) is 9.18 Å². The first-order valence-electron chi connectivity index (χ1n) is 7.96. The number of carbonyl (C=O) groups is 1. The third kappa shape index (κ3) is 3.53. The van der Waals surface area contributed by atoms with E-state index in [1.54, 1.807) is 23.2 Å². The van der Waals surface area contributed by atoms with E-state index in [0.29, 0.717) is 18.7 Å². The van der Waals surface area contributed by atoms with Crippen LogP contribution in [0.15, 0.2) is 30.5 Å². The van der Waals surface area contributed by atoms with E-state index in [-0.39, 0.29) is 24.0 Å². The van der Waals surface area contributed by atoms with Crippen molar-refractivity contribution in [3.05, 3.63) is 53.4 Å². The van der Waals surface area contributed by atoms with Gasteiger partial charge in [0.2, 0.25) is 5.91 Å². The number of aryl methyl sites for hydroxylation is 1. The van der Waals surface area contributed by atoms with E-state index < -0.39 is 5.82 Å². The highest BCUT2D eigenvalue weighted by Gasteiger charge is 2.29. The second-order valence-corrected chi connectivity index (χ2v) is 6.03. The van der Waals surface area contributed by atoms with Gasteiger partial charge in [0.1, 0.15) is 5.82 Å². The second-order valence-electron chi connectivity index (χ2n) is 6.03. The molecule has 126 valence electrons. The number of carbonyl (C=O) groups excluding carboxylic acids is 1. The van der Waals surface area contributed by atoms with E-state index >= 15 is 0 Å². The molecule has 2 heterocycles. The number of ether oxygens (including phenoxy) is 1. The molecule has 1 saturated heterocycles. The van der Waals surface area contributed by atoms with Crippen LogP contribution >= 0.6 is 0 Å². The van der Waals surface area contributed by atoms with Gasteiger partial charge in [-0.25, -0.2) is 14.4 Å². The van der Waals surface area contributed by atoms with Crippen LogP contribution in [0, 0.1) is 12.7 Å². The first kappa shape index (κ1) is 16.4. The molecule has 24 heavy (non-hydrogen) atoms. The molecule has 0 radical (unpaired) electrons. The normalized spacial score (nSPS) is 17.1. The fourth-order valence-corrected chi connectivity index (χ4v) is 2.97. The zero-order valence-electron chi connectivity index (χ0n) is 13.8. The van der Waals surface area contributed by atoms with Crippen molar-refractivity contribution >= 4 is 5.91 Å². The fourth-order valence-electron chi connectivity index (χ4n) is 2.97. The number of rotatable bonds is 4. The van der Waals surface area contributed by atoms with Crippen LogP contribution in [0.3, 0.4) is 0 Å². The Balaban J connectivity index is 1.63. The molecule has 3 rings (SSSR count). The first-order valence-corrected chi connectivity index (χ1v) is 7.96. The smallest absolute Gasteiger partial charge is 0.227 e. The van der Waals surface area contributed by atoms with Crippen molar-refractivity contribution in [1.29, 1.82) is 0 Å². The van der Waals surface area contributed by atoms with Crippen molar-refractivity contribution in [3.63, 3.8) is 0 Å². The van der Waals surface area contributed by atoms with Gasteiger partial charge in [0.15, 0.2) is 11.6 Å². The summed E-state index contributed by atoms with van der Waals surface area (Å²) in [6.45, 7) is 3.22. The summed E-state index contributed by atoms with van der Waals surface area (Å²) < 4.78 is 18.6. The van der Waals surface area contributed by atoms with Gasteiger partial charge in [-0.2, -0.15) is 0 Å². The molecule has 1 aromatic heterocycles. The maximum absolute atomic E-state index is 13.7. The minimum Gasteiger partial charge on any atom is -0.494 e. The highest BCUT2D eigenvalue weighted by atomic mass is 19.1. The minimum absolute atomic E-state index is 0.00489. The third-order valence-corrected chi connectivity index (χ3v) is 4.29. The lowest BCUT2D eigenvalue weighted by molar-refractivity contribution is -0.129. The van der Waals surface area contributed by atoms with Crippen molar-refractivity contribution in [3.8, 4) is 5.75 Å². The maximum atomic E-state index is 13.7. The Morgan fingerprint density at radius 3 is 2.96 bits per heavy atom. The third-order valence-electron chi connectivity index (χ3n) is 4.29. The number of aromatic nitrogens is 2. The number of benzene rings is 1. The summed E-state index contributed by atoms with van der Waals surface area (Å²) in [6.07, 6.45) is 2.79. The van der Waals surface area contributed by atoms with Crippen LogP contribution in [0.4, 0.5) is 4.39 Å². The maximum Gasteiger partial charge on any atom is 0.227 e. The summed E-state index contributed by atoms with van der Waals surface area (Å²) >= 11 is 0. The summed E-state index contributed by atoms with van der Waals surface area (Å²) in [5.41, 5.74) is 1.58. The van der Waals surface area contributed by atoms with Gasteiger partial charge < -0.3 is 9.64 Å².